The van der Waals surface area contributed by atoms with Crippen LogP contribution in [0, 0.1) is 16.7 Å². The predicted molar refractivity (Wildman–Crippen MR) is 99.9 cm³/mol. The quantitative estimate of drug-likeness (QED) is 0.774. The topological polar surface area (TPSA) is 99.4 Å². The fraction of sp³-hybridized carbons (Fsp3) is 0.579. The lowest BCUT2D eigenvalue weighted by Gasteiger charge is -2.43. The Morgan fingerprint density at radius 3 is 2.62 bits per heavy atom. The van der Waals surface area contributed by atoms with Crippen LogP contribution in [-0.4, -0.2) is 38.5 Å². The molecule has 2 N–H and O–H groups in total. The molecular formula is C19H25N3O3S. The van der Waals surface area contributed by atoms with Gasteiger partial charge in [0.1, 0.15) is 4.75 Å². The Hall–Kier alpha value is -1.75. The van der Waals surface area contributed by atoms with E-state index in [0.29, 0.717) is 18.7 Å². The molecule has 7 heteroatoms. The van der Waals surface area contributed by atoms with E-state index < -0.39 is 22.2 Å². The molecule has 26 heavy (non-hydrogen) atoms. The number of rotatable bonds is 2. The van der Waals surface area contributed by atoms with Crippen LogP contribution in [0.25, 0.3) is 0 Å². The Morgan fingerprint density at radius 2 is 2.08 bits per heavy atom. The van der Waals surface area contributed by atoms with Crippen LogP contribution >= 0.6 is 0 Å². The zero-order valence-electron chi connectivity index (χ0n) is 15.4. The first-order valence-corrected chi connectivity index (χ1v) is 10.0. The minimum absolute atomic E-state index is 0.137. The Morgan fingerprint density at radius 1 is 1.42 bits per heavy atom. The lowest BCUT2D eigenvalue weighted by molar-refractivity contribution is 0.0764. The largest absolute Gasteiger partial charge is 0.598 e. The molecular weight excluding hydrogens is 350 g/mol. The highest BCUT2D eigenvalue weighted by molar-refractivity contribution is 7.90. The molecule has 1 aromatic carbocycles. The summed E-state index contributed by atoms with van der Waals surface area (Å²) in [6.07, 6.45) is 1.37. The van der Waals surface area contributed by atoms with Gasteiger partial charge in [-0.3, -0.25) is 0 Å². The second-order valence-electron chi connectivity index (χ2n) is 8.27. The molecule has 140 valence electrons. The van der Waals surface area contributed by atoms with Crippen molar-refractivity contribution in [2.75, 3.05) is 13.1 Å². The molecule has 1 spiro atoms. The van der Waals surface area contributed by atoms with Crippen molar-refractivity contribution in [1.29, 1.82) is 5.26 Å². The minimum atomic E-state index is -1.25. The summed E-state index contributed by atoms with van der Waals surface area (Å²) in [5.41, 5.74) is 2.63. The normalized spacial score (nSPS) is 22.7. The summed E-state index contributed by atoms with van der Waals surface area (Å²) in [4.78, 5) is 12.7. The summed E-state index contributed by atoms with van der Waals surface area (Å²) in [5.74, 6) is 0. The lowest BCUT2D eigenvalue weighted by Crippen LogP contribution is -2.50. The summed E-state index contributed by atoms with van der Waals surface area (Å²) >= 11 is -1.25. The van der Waals surface area contributed by atoms with Gasteiger partial charge in [0.25, 0.3) is 0 Å². The number of nitrogens with one attached hydrogen (secondary N) is 1. The van der Waals surface area contributed by atoms with Crippen molar-refractivity contribution in [2.24, 2.45) is 5.41 Å². The van der Waals surface area contributed by atoms with E-state index in [4.69, 9.17) is 0 Å². The maximum Gasteiger partial charge on any atom is 0.407 e. The third-order valence-electron chi connectivity index (χ3n) is 5.55. The number of amides is 1. The number of piperidine rings is 1. The maximum atomic E-state index is 12.8. The zero-order chi connectivity index (χ0) is 19.1. The van der Waals surface area contributed by atoms with E-state index in [1.54, 1.807) is 0 Å². The fourth-order valence-electron chi connectivity index (χ4n) is 3.99. The van der Waals surface area contributed by atoms with Gasteiger partial charge in [0.15, 0.2) is 0 Å². The average Bonchev–Trinajstić information content (AvgIpc) is 2.87. The van der Waals surface area contributed by atoms with Crippen LogP contribution in [0.1, 0.15) is 56.3 Å². The molecule has 1 amide bonds. The van der Waals surface area contributed by atoms with Crippen LogP contribution in [0.5, 0.6) is 0 Å². The monoisotopic (exact) mass is 375 g/mol. The summed E-state index contributed by atoms with van der Waals surface area (Å²) in [7, 11) is 0. The number of carboxylic acid groups (broad SMARTS) is 1. The Bertz CT molecular complexity index is 745. The molecule has 6 nitrogen and oxygen atoms in total. The second kappa shape index (κ2) is 6.76. The van der Waals surface area contributed by atoms with Gasteiger partial charge in [0.05, 0.1) is 17.7 Å². The highest BCUT2D eigenvalue weighted by atomic mass is 32.2. The smallest absolute Gasteiger partial charge is 0.407 e. The third-order valence-corrected chi connectivity index (χ3v) is 7.11. The lowest BCUT2D eigenvalue weighted by atomic mass is 9.73. The van der Waals surface area contributed by atoms with Gasteiger partial charge in [-0.15, -0.1) is 4.72 Å². The van der Waals surface area contributed by atoms with Crippen LogP contribution in [0.15, 0.2) is 18.2 Å². The molecule has 1 fully saturated rings. The van der Waals surface area contributed by atoms with Crippen LogP contribution in [-0.2, 0) is 17.8 Å². The number of carbonyl (C=O) groups is 1. The van der Waals surface area contributed by atoms with Gasteiger partial charge < -0.3 is 14.6 Å². The standard InChI is InChI=1S/C19H25N3O3S/c1-18(2,3)26(25)21-16-15-10-13(12-20)4-5-14(15)11-19(16)6-8-22(9-7-19)17(23)24/h4-5,10,16,21H,6-9,11H2,1-3H3,(H,23,24)/t16-,26-/m1/s1. The van der Waals surface area contributed by atoms with E-state index in [0.717, 1.165) is 30.4 Å². The van der Waals surface area contributed by atoms with Gasteiger partial charge >= 0.3 is 6.09 Å². The van der Waals surface area contributed by atoms with E-state index in [-0.39, 0.29) is 11.5 Å². The molecule has 1 aromatic rings. The molecule has 0 aromatic heterocycles. The van der Waals surface area contributed by atoms with Crippen LogP contribution in [0.4, 0.5) is 4.79 Å². The summed E-state index contributed by atoms with van der Waals surface area (Å²) in [5, 5.41) is 18.5. The first-order valence-electron chi connectivity index (χ1n) is 8.85. The predicted octanol–water partition coefficient (Wildman–Crippen LogP) is 2.97. The van der Waals surface area contributed by atoms with Crippen LogP contribution in [0.3, 0.4) is 0 Å². The Balaban J connectivity index is 1.94. The second-order valence-corrected chi connectivity index (χ2v) is 10.3. The van der Waals surface area contributed by atoms with Crippen molar-refractivity contribution >= 4 is 17.5 Å². The van der Waals surface area contributed by atoms with E-state index in [1.165, 1.54) is 4.90 Å². The first kappa shape index (κ1) is 19.0. The number of benzene rings is 1. The number of hydrogen-bond acceptors (Lipinski definition) is 4. The van der Waals surface area contributed by atoms with E-state index in [1.807, 2.05) is 39.0 Å². The number of nitriles is 1. The van der Waals surface area contributed by atoms with Crippen LogP contribution < -0.4 is 4.72 Å². The summed E-state index contributed by atoms with van der Waals surface area (Å²) in [6.45, 7) is 6.75. The van der Waals surface area contributed by atoms with Crippen molar-refractivity contribution in [3.8, 4) is 6.07 Å². The molecule has 1 aliphatic carbocycles. The third kappa shape index (κ3) is 3.41. The SMILES string of the molecule is CC(C)(C)[S@@+]([O-])N[C@@H]1c2cc(C#N)ccc2CC12CCN(C(=O)O)CC2. The van der Waals surface area contributed by atoms with Gasteiger partial charge in [0.2, 0.25) is 0 Å². The average molecular weight is 375 g/mol. The summed E-state index contributed by atoms with van der Waals surface area (Å²) < 4.78 is 15.7. The van der Waals surface area contributed by atoms with Gasteiger partial charge in [-0.1, -0.05) is 6.07 Å². The maximum absolute atomic E-state index is 12.8. The fourth-order valence-corrected chi connectivity index (χ4v) is 4.93. The minimum Gasteiger partial charge on any atom is -0.598 e. The molecule has 2 aliphatic rings. The van der Waals surface area contributed by atoms with E-state index in [9.17, 15) is 19.7 Å². The van der Waals surface area contributed by atoms with Crippen molar-refractivity contribution in [2.45, 2.75) is 50.8 Å². The highest BCUT2D eigenvalue weighted by Gasteiger charge is 2.50. The molecule has 0 unspecified atom stereocenters. The van der Waals surface area contributed by atoms with Crippen LogP contribution in [0.2, 0.25) is 0 Å². The molecule has 0 saturated carbocycles. The van der Waals surface area contributed by atoms with Gasteiger partial charge in [-0.25, -0.2) is 4.79 Å². The zero-order valence-corrected chi connectivity index (χ0v) is 16.2. The van der Waals surface area contributed by atoms with Crippen molar-refractivity contribution in [3.05, 3.63) is 34.9 Å². The number of hydrogen-bond donors (Lipinski definition) is 2. The van der Waals surface area contributed by atoms with Crippen molar-refractivity contribution in [1.82, 2.24) is 9.62 Å². The molecule has 1 heterocycles. The van der Waals surface area contributed by atoms with Crippen molar-refractivity contribution < 1.29 is 14.5 Å². The molecule has 2 atom stereocenters. The summed E-state index contributed by atoms with van der Waals surface area (Å²) in [6, 6.07) is 7.75. The Kier molecular flexibility index (Phi) is 4.95. The van der Waals surface area contributed by atoms with Gasteiger partial charge in [0, 0.05) is 29.9 Å². The number of likely N-dealkylation sites (tertiary alicyclic amines) is 1. The highest BCUT2D eigenvalue weighted by Crippen LogP contribution is 2.52. The van der Waals surface area contributed by atoms with Crippen molar-refractivity contribution in [3.63, 3.8) is 0 Å². The molecule has 3 rings (SSSR count). The number of nitrogens with zero attached hydrogens (tertiary/aromatic N) is 2. The Labute approximate surface area is 157 Å². The van der Waals surface area contributed by atoms with E-state index >= 15 is 0 Å². The molecule has 1 aliphatic heterocycles. The first-order chi connectivity index (χ1) is 12.2. The molecule has 0 radical (unpaired) electrons. The molecule has 0 bridgehead atoms. The number of fused-ring (bicyclic) bond motifs is 1. The van der Waals surface area contributed by atoms with E-state index in [2.05, 4.69) is 10.8 Å². The molecule has 1 saturated heterocycles. The van der Waals surface area contributed by atoms with Gasteiger partial charge in [-0.2, -0.15) is 5.26 Å². The van der Waals surface area contributed by atoms with Gasteiger partial charge in [-0.05, 0) is 63.3 Å².